The van der Waals surface area contributed by atoms with Crippen molar-refractivity contribution in [3.05, 3.63) is 42.7 Å². The third kappa shape index (κ3) is 4.13. The maximum Gasteiger partial charge on any atom is 0.161 e. The zero-order valence-corrected chi connectivity index (χ0v) is 15.9. The van der Waals surface area contributed by atoms with E-state index in [9.17, 15) is 0 Å². The van der Waals surface area contributed by atoms with Crippen molar-refractivity contribution in [3.63, 3.8) is 0 Å². The summed E-state index contributed by atoms with van der Waals surface area (Å²) in [7, 11) is 0. The van der Waals surface area contributed by atoms with E-state index in [-0.39, 0.29) is 13.2 Å². The number of fused-ring (bicyclic) bond motifs is 3. The lowest BCUT2D eigenvalue weighted by Gasteiger charge is -2.13. The molecule has 1 aromatic carbocycles. The van der Waals surface area contributed by atoms with Crippen molar-refractivity contribution >= 4 is 22.3 Å². The molecule has 0 unspecified atom stereocenters. The van der Waals surface area contributed by atoms with Crippen LogP contribution in [0.4, 0.5) is 11.5 Å². The SMILES string of the molecule is OCCCOc1cc2cc3c(Nc4cccnc4)[nH][nH]c-3c2cc1OCCCO. The van der Waals surface area contributed by atoms with Crippen LogP contribution in [0.5, 0.6) is 11.5 Å². The van der Waals surface area contributed by atoms with Gasteiger partial charge < -0.3 is 25.0 Å². The van der Waals surface area contributed by atoms with E-state index < -0.39 is 0 Å². The van der Waals surface area contributed by atoms with Crippen molar-refractivity contribution in [1.29, 1.82) is 0 Å². The Hall–Kier alpha value is -3.23. The normalized spacial score (nSPS) is 11.2. The molecule has 0 atom stereocenters. The second kappa shape index (κ2) is 8.85. The molecule has 152 valence electrons. The number of aliphatic hydroxyl groups excluding tert-OH is 2. The molecule has 29 heavy (non-hydrogen) atoms. The van der Waals surface area contributed by atoms with Crippen LogP contribution in [-0.4, -0.2) is 51.8 Å². The van der Waals surface area contributed by atoms with Gasteiger partial charge in [-0.25, -0.2) is 0 Å². The zero-order chi connectivity index (χ0) is 20.1. The van der Waals surface area contributed by atoms with Crippen LogP contribution >= 0.6 is 0 Å². The van der Waals surface area contributed by atoms with E-state index >= 15 is 0 Å². The number of H-pyrrole nitrogens is 2. The second-order valence-electron chi connectivity index (χ2n) is 6.66. The summed E-state index contributed by atoms with van der Waals surface area (Å²) < 4.78 is 11.7. The highest BCUT2D eigenvalue weighted by Gasteiger charge is 2.20. The smallest absolute Gasteiger partial charge is 0.161 e. The summed E-state index contributed by atoms with van der Waals surface area (Å²) in [6.45, 7) is 0.936. The van der Waals surface area contributed by atoms with Crippen LogP contribution in [-0.2, 0) is 0 Å². The number of nitrogens with zero attached hydrogens (tertiary/aromatic N) is 1. The predicted molar refractivity (Wildman–Crippen MR) is 111 cm³/mol. The highest BCUT2D eigenvalue weighted by molar-refractivity contribution is 6.05. The molecule has 0 radical (unpaired) electrons. The molecule has 1 aliphatic carbocycles. The molecule has 0 bridgehead atoms. The largest absolute Gasteiger partial charge is 0.490 e. The van der Waals surface area contributed by atoms with Gasteiger partial charge in [0.15, 0.2) is 11.5 Å². The fourth-order valence-electron chi connectivity index (χ4n) is 3.21. The summed E-state index contributed by atoms with van der Waals surface area (Å²) in [4.78, 5) is 4.13. The average Bonchev–Trinajstić information content (AvgIpc) is 3.29. The van der Waals surface area contributed by atoms with E-state index in [1.165, 1.54) is 0 Å². The van der Waals surface area contributed by atoms with Gasteiger partial charge in [0.25, 0.3) is 0 Å². The van der Waals surface area contributed by atoms with Gasteiger partial charge in [0.2, 0.25) is 0 Å². The predicted octanol–water partition coefficient (Wildman–Crippen LogP) is 3.26. The molecule has 1 aliphatic heterocycles. The van der Waals surface area contributed by atoms with Crippen LogP contribution in [0.25, 0.3) is 22.0 Å². The number of aromatic amines is 2. The van der Waals surface area contributed by atoms with Gasteiger partial charge >= 0.3 is 0 Å². The molecular formula is C21H24N4O4. The number of pyridine rings is 1. The van der Waals surface area contributed by atoms with E-state index in [4.69, 9.17) is 19.7 Å². The Balaban J connectivity index is 1.67. The summed E-state index contributed by atoms with van der Waals surface area (Å²) in [6.07, 6.45) is 4.58. The first kappa shape index (κ1) is 19.1. The number of nitrogens with one attached hydrogen (secondary N) is 3. The lowest BCUT2D eigenvalue weighted by atomic mass is 10.2. The lowest BCUT2D eigenvalue weighted by Crippen LogP contribution is -2.04. The number of anilines is 2. The molecule has 0 saturated carbocycles. The highest BCUT2D eigenvalue weighted by atomic mass is 16.5. The number of rotatable bonds is 10. The molecule has 1 aromatic heterocycles. The minimum Gasteiger partial charge on any atom is -0.490 e. The van der Waals surface area contributed by atoms with Crippen molar-refractivity contribution in [2.45, 2.75) is 12.8 Å². The third-order valence-electron chi connectivity index (χ3n) is 4.59. The molecule has 4 rings (SSSR count). The van der Waals surface area contributed by atoms with Crippen LogP contribution in [0.15, 0.2) is 42.7 Å². The highest BCUT2D eigenvalue weighted by Crippen LogP contribution is 2.43. The first-order valence-electron chi connectivity index (χ1n) is 9.61. The van der Waals surface area contributed by atoms with Crippen LogP contribution in [0, 0.1) is 0 Å². The number of aromatic nitrogens is 3. The van der Waals surface area contributed by atoms with Crippen molar-refractivity contribution in [2.75, 3.05) is 31.7 Å². The van der Waals surface area contributed by atoms with Gasteiger partial charge in [-0.1, -0.05) is 0 Å². The quantitative estimate of drug-likeness (QED) is 0.263. The zero-order valence-electron chi connectivity index (χ0n) is 15.9. The maximum atomic E-state index is 9.03. The minimum absolute atomic E-state index is 0.0680. The summed E-state index contributed by atoms with van der Waals surface area (Å²) in [5.41, 5.74) is 2.86. The van der Waals surface area contributed by atoms with Gasteiger partial charge in [0.1, 0.15) is 5.82 Å². The molecule has 8 heteroatoms. The molecule has 2 aromatic rings. The topological polar surface area (TPSA) is 115 Å². The van der Waals surface area contributed by atoms with E-state index in [1.807, 2.05) is 24.3 Å². The number of hydrogen-bond acceptors (Lipinski definition) is 6. The van der Waals surface area contributed by atoms with E-state index in [0.29, 0.717) is 37.6 Å². The molecule has 0 fully saturated rings. The Morgan fingerprint density at radius 3 is 2.41 bits per heavy atom. The van der Waals surface area contributed by atoms with E-state index in [1.54, 1.807) is 12.4 Å². The number of aliphatic hydroxyl groups is 2. The van der Waals surface area contributed by atoms with E-state index in [2.05, 4.69) is 26.6 Å². The van der Waals surface area contributed by atoms with Crippen molar-refractivity contribution < 1.29 is 19.7 Å². The molecule has 2 aliphatic rings. The van der Waals surface area contributed by atoms with Crippen LogP contribution in [0.3, 0.4) is 0 Å². The summed E-state index contributed by atoms with van der Waals surface area (Å²) in [5, 5.41) is 29.8. The van der Waals surface area contributed by atoms with Gasteiger partial charge in [-0.3, -0.25) is 15.2 Å². The van der Waals surface area contributed by atoms with Gasteiger partial charge in [-0.2, -0.15) is 0 Å². The minimum atomic E-state index is 0.0680. The summed E-state index contributed by atoms with van der Waals surface area (Å²) in [6, 6.07) is 9.79. The summed E-state index contributed by atoms with van der Waals surface area (Å²) >= 11 is 0. The van der Waals surface area contributed by atoms with Crippen LogP contribution in [0.1, 0.15) is 12.8 Å². The number of hydrogen-bond donors (Lipinski definition) is 5. The van der Waals surface area contributed by atoms with Crippen LogP contribution in [0.2, 0.25) is 0 Å². The molecule has 8 nitrogen and oxygen atoms in total. The van der Waals surface area contributed by atoms with Crippen molar-refractivity contribution in [2.24, 2.45) is 0 Å². The Kier molecular flexibility index (Phi) is 5.83. The Morgan fingerprint density at radius 1 is 0.966 bits per heavy atom. The first-order valence-corrected chi connectivity index (χ1v) is 9.61. The first-order chi connectivity index (χ1) is 14.3. The van der Waals surface area contributed by atoms with Gasteiger partial charge in [-0.05, 0) is 35.7 Å². The third-order valence-corrected chi connectivity index (χ3v) is 4.59. The average molecular weight is 396 g/mol. The van der Waals surface area contributed by atoms with Crippen LogP contribution < -0.4 is 14.8 Å². The monoisotopic (exact) mass is 396 g/mol. The maximum absolute atomic E-state index is 9.03. The Labute approximate surface area is 167 Å². The lowest BCUT2D eigenvalue weighted by molar-refractivity contribution is 0.211. The van der Waals surface area contributed by atoms with Crippen molar-refractivity contribution in [3.8, 4) is 22.8 Å². The van der Waals surface area contributed by atoms with Gasteiger partial charge in [0.05, 0.1) is 30.8 Å². The van der Waals surface area contributed by atoms with Crippen molar-refractivity contribution in [1.82, 2.24) is 15.2 Å². The Bertz CT molecular complexity index is 1030. The molecule has 5 N–H and O–H groups in total. The standard InChI is InChI=1S/C21H24N4O4/c26-6-2-8-28-18-11-14-10-17-20(16(14)12-19(18)29-9-3-7-27)24-25-21(17)23-15-4-1-5-22-13-15/h1,4-5,10-13,23-27H,2-3,6-9H2. The van der Waals surface area contributed by atoms with Gasteiger partial charge in [0, 0.05) is 43.2 Å². The second-order valence-corrected chi connectivity index (χ2v) is 6.66. The fourth-order valence-corrected chi connectivity index (χ4v) is 3.21. The summed E-state index contributed by atoms with van der Waals surface area (Å²) in [5.74, 6) is 2.09. The molecule has 0 amide bonds. The molecular weight excluding hydrogens is 372 g/mol. The number of benzene rings is 1. The molecule has 2 heterocycles. The molecule has 0 saturated heterocycles. The fraction of sp³-hybridized carbons (Fsp3) is 0.286. The van der Waals surface area contributed by atoms with Gasteiger partial charge in [-0.15, -0.1) is 0 Å². The molecule has 0 spiro atoms. The number of ether oxygens (including phenoxy) is 2. The van der Waals surface area contributed by atoms with E-state index in [0.717, 1.165) is 33.5 Å². The Morgan fingerprint density at radius 2 is 1.72 bits per heavy atom.